The minimum atomic E-state index is -0.421. The van der Waals surface area contributed by atoms with Crippen molar-refractivity contribution >= 4 is 5.91 Å². The number of hydrogen-bond donors (Lipinski definition) is 1. The fraction of sp³-hybridized carbons (Fsp3) is 0.500. The van der Waals surface area contributed by atoms with Crippen molar-refractivity contribution in [3.05, 3.63) is 17.5 Å². The second kappa shape index (κ2) is 4.33. The number of nitrogens with one attached hydrogen (secondary N) is 1. The van der Waals surface area contributed by atoms with Crippen molar-refractivity contribution in [1.29, 1.82) is 5.26 Å². The standard InChI is InChI=1S/C10H12N4O2/c1-7-9(6-13-16-7)10(15)14-3-2-12-5-8(14)4-11/h6,8,12H,2-3,5H2,1H3. The molecule has 1 unspecified atom stereocenters. The van der Waals surface area contributed by atoms with Gasteiger partial charge in [0.15, 0.2) is 0 Å². The van der Waals surface area contributed by atoms with Gasteiger partial charge in [-0.05, 0) is 6.92 Å². The van der Waals surface area contributed by atoms with Crippen LogP contribution in [0, 0.1) is 18.3 Å². The van der Waals surface area contributed by atoms with Crippen molar-refractivity contribution in [3.63, 3.8) is 0 Å². The molecule has 1 atom stereocenters. The summed E-state index contributed by atoms with van der Waals surface area (Å²) < 4.78 is 4.85. The summed E-state index contributed by atoms with van der Waals surface area (Å²) in [5.74, 6) is 0.298. The van der Waals surface area contributed by atoms with Crippen LogP contribution in [-0.2, 0) is 0 Å². The average molecular weight is 220 g/mol. The van der Waals surface area contributed by atoms with Gasteiger partial charge in [-0.25, -0.2) is 0 Å². The number of amides is 1. The molecule has 2 rings (SSSR count). The summed E-state index contributed by atoms with van der Waals surface area (Å²) in [5, 5.41) is 15.6. The number of hydrogen-bond acceptors (Lipinski definition) is 5. The van der Waals surface area contributed by atoms with Gasteiger partial charge >= 0.3 is 0 Å². The molecule has 1 aromatic rings. The van der Waals surface area contributed by atoms with Gasteiger partial charge in [-0.2, -0.15) is 5.26 Å². The fourth-order valence-corrected chi connectivity index (χ4v) is 1.72. The second-order valence-electron chi connectivity index (χ2n) is 3.64. The molecule has 1 aromatic heterocycles. The summed E-state index contributed by atoms with van der Waals surface area (Å²) in [4.78, 5) is 13.6. The van der Waals surface area contributed by atoms with Gasteiger partial charge in [-0.3, -0.25) is 4.79 Å². The van der Waals surface area contributed by atoms with E-state index in [2.05, 4.69) is 16.5 Å². The fourth-order valence-electron chi connectivity index (χ4n) is 1.72. The Labute approximate surface area is 92.8 Å². The SMILES string of the molecule is Cc1oncc1C(=O)N1CCNCC1C#N. The lowest BCUT2D eigenvalue weighted by Gasteiger charge is -2.31. The molecule has 1 aliphatic rings. The topological polar surface area (TPSA) is 82.2 Å². The van der Waals surface area contributed by atoms with Crippen LogP contribution < -0.4 is 5.32 Å². The van der Waals surface area contributed by atoms with Crippen LogP contribution in [0.15, 0.2) is 10.7 Å². The Hall–Kier alpha value is -1.87. The number of carbonyl (C=O) groups excluding carboxylic acids is 1. The van der Waals surface area contributed by atoms with Crippen molar-refractivity contribution in [2.24, 2.45) is 0 Å². The highest BCUT2D eigenvalue weighted by Gasteiger charge is 2.29. The molecule has 16 heavy (non-hydrogen) atoms. The zero-order valence-electron chi connectivity index (χ0n) is 8.93. The van der Waals surface area contributed by atoms with E-state index < -0.39 is 6.04 Å². The van der Waals surface area contributed by atoms with Crippen LogP contribution in [-0.4, -0.2) is 41.6 Å². The number of rotatable bonds is 1. The van der Waals surface area contributed by atoms with E-state index in [1.54, 1.807) is 11.8 Å². The highest BCUT2D eigenvalue weighted by atomic mass is 16.5. The average Bonchev–Trinajstić information content (AvgIpc) is 2.74. The lowest BCUT2D eigenvalue weighted by molar-refractivity contribution is 0.0685. The van der Waals surface area contributed by atoms with Crippen molar-refractivity contribution in [2.75, 3.05) is 19.6 Å². The highest BCUT2D eigenvalue weighted by molar-refractivity contribution is 5.95. The monoisotopic (exact) mass is 220 g/mol. The quantitative estimate of drug-likeness (QED) is 0.715. The first-order valence-corrected chi connectivity index (χ1v) is 5.06. The molecule has 1 N–H and O–H groups in total. The van der Waals surface area contributed by atoms with Gasteiger partial charge in [0.25, 0.3) is 5.91 Å². The molecular weight excluding hydrogens is 208 g/mol. The number of nitriles is 1. The molecule has 1 amide bonds. The Morgan fingerprint density at radius 1 is 1.81 bits per heavy atom. The number of aromatic nitrogens is 1. The number of carbonyl (C=O) groups is 1. The third-order valence-corrected chi connectivity index (χ3v) is 2.63. The van der Waals surface area contributed by atoms with Crippen LogP contribution in [0.2, 0.25) is 0 Å². The lowest BCUT2D eigenvalue weighted by atomic mass is 10.1. The minimum absolute atomic E-state index is 0.188. The van der Waals surface area contributed by atoms with Crippen molar-refractivity contribution in [3.8, 4) is 6.07 Å². The Morgan fingerprint density at radius 2 is 2.62 bits per heavy atom. The zero-order valence-corrected chi connectivity index (χ0v) is 8.93. The summed E-state index contributed by atoms with van der Waals surface area (Å²) in [7, 11) is 0. The Kier molecular flexibility index (Phi) is 2.88. The van der Waals surface area contributed by atoms with Gasteiger partial charge < -0.3 is 14.7 Å². The van der Waals surface area contributed by atoms with Gasteiger partial charge in [0.2, 0.25) is 0 Å². The summed E-state index contributed by atoms with van der Waals surface area (Å²) in [6, 6.07) is 1.69. The third kappa shape index (κ3) is 1.77. The van der Waals surface area contributed by atoms with E-state index >= 15 is 0 Å². The maximum Gasteiger partial charge on any atom is 0.260 e. The maximum atomic E-state index is 12.1. The predicted octanol–water partition coefficient (Wildman–Crippen LogP) is -0.0794. The number of piperazine rings is 1. The molecule has 0 bridgehead atoms. The molecule has 0 spiro atoms. The van der Waals surface area contributed by atoms with Gasteiger partial charge in [-0.15, -0.1) is 0 Å². The normalized spacial score (nSPS) is 20.5. The molecule has 0 aliphatic carbocycles. The van der Waals surface area contributed by atoms with E-state index in [4.69, 9.17) is 9.78 Å². The molecule has 84 valence electrons. The van der Waals surface area contributed by atoms with E-state index in [1.165, 1.54) is 6.20 Å². The van der Waals surface area contributed by atoms with Crippen LogP contribution >= 0.6 is 0 Å². The third-order valence-electron chi connectivity index (χ3n) is 2.63. The van der Waals surface area contributed by atoms with E-state index in [9.17, 15) is 4.79 Å². The first kappa shape index (κ1) is 10.6. The van der Waals surface area contributed by atoms with Crippen molar-refractivity contribution < 1.29 is 9.32 Å². The number of aryl methyl sites for hydroxylation is 1. The summed E-state index contributed by atoms with van der Waals surface area (Å²) in [6.45, 7) is 3.42. The Bertz CT molecular complexity index is 434. The van der Waals surface area contributed by atoms with E-state index in [0.29, 0.717) is 31.0 Å². The molecule has 1 fully saturated rings. The van der Waals surface area contributed by atoms with Crippen molar-refractivity contribution in [1.82, 2.24) is 15.4 Å². The molecule has 1 saturated heterocycles. The molecule has 1 aliphatic heterocycles. The smallest absolute Gasteiger partial charge is 0.260 e. The Balaban J connectivity index is 2.21. The zero-order chi connectivity index (χ0) is 11.5. The van der Waals surface area contributed by atoms with Gasteiger partial charge in [-0.1, -0.05) is 5.16 Å². The molecule has 6 nitrogen and oxygen atoms in total. The van der Waals surface area contributed by atoms with E-state index in [-0.39, 0.29) is 5.91 Å². The van der Waals surface area contributed by atoms with Crippen LogP contribution in [0.5, 0.6) is 0 Å². The Morgan fingerprint density at radius 3 is 3.25 bits per heavy atom. The first-order chi connectivity index (χ1) is 7.74. The summed E-state index contributed by atoms with van der Waals surface area (Å²) in [6.07, 6.45) is 1.40. The van der Waals surface area contributed by atoms with E-state index in [1.807, 2.05) is 0 Å². The highest BCUT2D eigenvalue weighted by Crippen LogP contribution is 2.13. The van der Waals surface area contributed by atoms with Crippen LogP contribution in [0.25, 0.3) is 0 Å². The molecule has 0 radical (unpaired) electrons. The number of nitrogens with zero attached hydrogens (tertiary/aromatic N) is 3. The van der Waals surface area contributed by atoms with Gasteiger partial charge in [0.1, 0.15) is 17.4 Å². The minimum Gasteiger partial charge on any atom is -0.361 e. The van der Waals surface area contributed by atoms with Crippen molar-refractivity contribution in [2.45, 2.75) is 13.0 Å². The van der Waals surface area contributed by atoms with Crippen LogP contribution in [0.3, 0.4) is 0 Å². The summed E-state index contributed by atoms with van der Waals surface area (Å²) >= 11 is 0. The molecular formula is C10H12N4O2. The second-order valence-corrected chi connectivity index (χ2v) is 3.64. The molecule has 0 aromatic carbocycles. The lowest BCUT2D eigenvalue weighted by Crippen LogP contribution is -2.53. The van der Waals surface area contributed by atoms with Crippen LogP contribution in [0.1, 0.15) is 16.1 Å². The molecule has 0 saturated carbocycles. The molecule has 6 heteroatoms. The van der Waals surface area contributed by atoms with E-state index in [0.717, 1.165) is 0 Å². The first-order valence-electron chi connectivity index (χ1n) is 5.06. The largest absolute Gasteiger partial charge is 0.361 e. The maximum absolute atomic E-state index is 12.1. The summed E-state index contributed by atoms with van der Waals surface area (Å²) in [5.41, 5.74) is 0.433. The predicted molar refractivity (Wildman–Crippen MR) is 54.5 cm³/mol. The molecule has 2 heterocycles. The van der Waals surface area contributed by atoms with Gasteiger partial charge in [0.05, 0.1) is 12.3 Å². The van der Waals surface area contributed by atoms with Gasteiger partial charge in [0, 0.05) is 19.6 Å². The van der Waals surface area contributed by atoms with Crippen LogP contribution in [0.4, 0.5) is 0 Å².